The van der Waals surface area contributed by atoms with Crippen LogP contribution in [0.25, 0.3) is 0 Å². The molecule has 0 aliphatic carbocycles. The van der Waals surface area contributed by atoms with Crippen molar-refractivity contribution in [2.75, 3.05) is 32.6 Å². The molecule has 19 heavy (non-hydrogen) atoms. The van der Waals surface area contributed by atoms with E-state index in [0.29, 0.717) is 6.54 Å². The fraction of sp³-hybridized carbons (Fsp3) is 0.533. The van der Waals surface area contributed by atoms with Crippen LogP contribution in [0.15, 0.2) is 18.2 Å². The lowest BCUT2D eigenvalue weighted by molar-refractivity contribution is 0.404. The van der Waals surface area contributed by atoms with Crippen molar-refractivity contribution < 1.29 is 4.74 Å². The third kappa shape index (κ3) is 3.62. The topological polar surface area (TPSA) is 48.3 Å². The molecular weight excluding hydrogens is 238 g/mol. The van der Waals surface area contributed by atoms with Crippen LogP contribution >= 0.6 is 0 Å². The van der Waals surface area contributed by atoms with Crippen LogP contribution < -0.4 is 15.0 Å². The Kier molecular flexibility index (Phi) is 5.65. The van der Waals surface area contributed by atoms with E-state index in [4.69, 9.17) is 10.00 Å². The standard InChI is InChI=1S/C15H23N3O/c1-11(9-16)10-18(4)13-7-6-8-14(19-5)15(13)12(2)17-3/h6-8,11-12,17H,10H2,1-5H3. The molecular formula is C15H23N3O. The summed E-state index contributed by atoms with van der Waals surface area (Å²) < 4.78 is 5.46. The zero-order valence-corrected chi connectivity index (χ0v) is 12.4. The first-order valence-corrected chi connectivity index (χ1v) is 6.50. The summed E-state index contributed by atoms with van der Waals surface area (Å²) in [6, 6.07) is 8.47. The van der Waals surface area contributed by atoms with Crippen LogP contribution in [0.1, 0.15) is 25.5 Å². The quantitative estimate of drug-likeness (QED) is 0.855. The Labute approximate surface area is 116 Å². The summed E-state index contributed by atoms with van der Waals surface area (Å²) >= 11 is 0. The summed E-state index contributed by atoms with van der Waals surface area (Å²) in [5, 5.41) is 12.2. The maximum Gasteiger partial charge on any atom is 0.125 e. The molecule has 0 saturated carbocycles. The second kappa shape index (κ2) is 7.01. The van der Waals surface area contributed by atoms with Gasteiger partial charge in [0.1, 0.15) is 5.75 Å². The first-order chi connectivity index (χ1) is 9.04. The first kappa shape index (κ1) is 15.3. The van der Waals surface area contributed by atoms with Crippen molar-refractivity contribution in [2.45, 2.75) is 19.9 Å². The summed E-state index contributed by atoms with van der Waals surface area (Å²) in [7, 11) is 5.62. The van der Waals surface area contributed by atoms with Gasteiger partial charge in [-0.1, -0.05) is 6.07 Å². The lowest BCUT2D eigenvalue weighted by Crippen LogP contribution is -2.26. The smallest absolute Gasteiger partial charge is 0.125 e. The Hall–Kier alpha value is -1.73. The average molecular weight is 261 g/mol. The van der Waals surface area contributed by atoms with Gasteiger partial charge in [0.05, 0.1) is 19.1 Å². The Balaban J connectivity index is 3.15. The molecule has 104 valence electrons. The van der Waals surface area contributed by atoms with Crippen molar-refractivity contribution in [1.29, 1.82) is 5.26 Å². The fourth-order valence-electron chi connectivity index (χ4n) is 2.17. The van der Waals surface area contributed by atoms with Gasteiger partial charge in [-0.15, -0.1) is 0 Å². The molecule has 0 fully saturated rings. The van der Waals surface area contributed by atoms with E-state index in [1.165, 1.54) is 0 Å². The van der Waals surface area contributed by atoms with Crippen LogP contribution in [0, 0.1) is 17.2 Å². The summed E-state index contributed by atoms with van der Waals surface area (Å²) in [5.41, 5.74) is 2.23. The normalized spacial score (nSPS) is 13.5. The third-order valence-electron chi connectivity index (χ3n) is 3.31. The Morgan fingerprint density at radius 2 is 2.11 bits per heavy atom. The van der Waals surface area contributed by atoms with E-state index >= 15 is 0 Å². The van der Waals surface area contributed by atoms with Gasteiger partial charge in [-0.3, -0.25) is 0 Å². The Morgan fingerprint density at radius 3 is 2.63 bits per heavy atom. The SMILES string of the molecule is CNC(C)c1c(OC)cccc1N(C)CC(C)C#N. The minimum absolute atomic E-state index is 0.00561. The van der Waals surface area contributed by atoms with E-state index in [0.717, 1.165) is 17.0 Å². The Bertz CT molecular complexity index is 453. The van der Waals surface area contributed by atoms with Gasteiger partial charge in [-0.2, -0.15) is 5.26 Å². The van der Waals surface area contributed by atoms with E-state index in [-0.39, 0.29) is 12.0 Å². The molecule has 0 aromatic heterocycles. The summed E-state index contributed by atoms with van der Waals surface area (Å²) in [4.78, 5) is 2.11. The van der Waals surface area contributed by atoms with Crippen molar-refractivity contribution in [3.05, 3.63) is 23.8 Å². The van der Waals surface area contributed by atoms with Gasteiger partial charge in [0, 0.05) is 30.9 Å². The highest BCUT2D eigenvalue weighted by Gasteiger charge is 2.18. The van der Waals surface area contributed by atoms with Gasteiger partial charge in [0.2, 0.25) is 0 Å². The van der Waals surface area contributed by atoms with Crippen LogP contribution in [0.4, 0.5) is 5.69 Å². The molecule has 2 unspecified atom stereocenters. The van der Waals surface area contributed by atoms with Crippen molar-refractivity contribution >= 4 is 5.69 Å². The molecule has 4 nitrogen and oxygen atoms in total. The zero-order chi connectivity index (χ0) is 14.4. The van der Waals surface area contributed by atoms with Gasteiger partial charge >= 0.3 is 0 Å². The van der Waals surface area contributed by atoms with Crippen LogP contribution in [-0.4, -0.2) is 27.7 Å². The highest BCUT2D eigenvalue weighted by Crippen LogP contribution is 2.34. The van der Waals surface area contributed by atoms with Crippen LogP contribution in [0.2, 0.25) is 0 Å². The van der Waals surface area contributed by atoms with E-state index in [2.05, 4.69) is 29.3 Å². The minimum Gasteiger partial charge on any atom is -0.496 e. The number of hydrogen-bond donors (Lipinski definition) is 1. The summed E-state index contributed by atoms with van der Waals surface area (Å²) in [6.07, 6.45) is 0. The number of nitrogens with one attached hydrogen (secondary N) is 1. The lowest BCUT2D eigenvalue weighted by atomic mass is 10.0. The predicted octanol–water partition coefficient (Wildman–Crippen LogP) is 2.57. The number of benzene rings is 1. The van der Waals surface area contributed by atoms with Gasteiger partial charge in [-0.05, 0) is 33.0 Å². The monoisotopic (exact) mass is 261 g/mol. The maximum atomic E-state index is 8.94. The third-order valence-corrected chi connectivity index (χ3v) is 3.31. The van der Waals surface area contributed by atoms with Crippen LogP contribution in [-0.2, 0) is 0 Å². The molecule has 1 aromatic rings. The van der Waals surface area contributed by atoms with E-state index < -0.39 is 0 Å². The van der Waals surface area contributed by atoms with E-state index in [1.54, 1.807) is 7.11 Å². The van der Waals surface area contributed by atoms with Crippen molar-refractivity contribution in [1.82, 2.24) is 5.32 Å². The molecule has 0 radical (unpaired) electrons. The molecule has 1 aromatic carbocycles. The van der Waals surface area contributed by atoms with Gasteiger partial charge in [-0.25, -0.2) is 0 Å². The number of rotatable bonds is 6. The number of nitriles is 1. The number of hydrogen-bond acceptors (Lipinski definition) is 4. The van der Waals surface area contributed by atoms with Gasteiger partial charge in [0.15, 0.2) is 0 Å². The number of anilines is 1. The minimum atomic E-state index is -0.00561. The molecule has 0 amide bonds. The van der Waals surface area contributed by atoms with Crippen molar-refractivity contribution in [3.8, 4) is 11.8 Å². The van der Waals surface area contributed by atoms with Crippen molar-refractivity contribution in [2.24, 2.45) is 5.92 Å². The number of methoxy groups -OCH3 is 1. The van der Waals surface area contributed by atoms with Crippen LogP contribution in [0.5, 0.6) is 5.75 Å². The molecule has 0 bridgehead atoms. The van der Waals surface area contributed by atoms with E-state index in [1.807, 2.05) is 33.2 Å². The zero-order valence-electron chi connectivity index (χ0n) is 12.4. The summed E-state index contributed by atoms with van der Waals surface area (Å²) in [5.74, 6) is 0.866. The highest BCUT2D eigenvalue weighted by molar-refractivity contribution is 5.60. The molecule has 0 aliphatic rings. The lowest BCUT2D eigenvalue weighted by Gasteiger charge is -2.27. The fourth-order valence-corrected chi connectivity index (χ4v) is 2.17. The average Bonchev–Trinajstić information content (AvgIpc) is 2.45. The second-order valence-corrected chi connectivity index (χ2v) is 4.81. The molecule has 0 heterocycles. The molecule has 0 saturated heterocycles. The highest BCUT2D eigenvalue weighted by atomic mass is 16.5. The van der Waals surface area contributed by atoms with Crippen LogP contribution in [0.3, 0.4) is 0 Å². The molecule has 4 heteroatoms. The van der Waals surface area contributed by atoms with Gasteiger partial charge in [0.25, 0.3) is 0 Å². The number of nitrogens with zero attached hydrogens (tertiary/aromatic N) is 2. The molecule has 0 aliphatic heterocycles. The Morgan fingerprint density at radius 1 is 1.42 bits per heavy atom. The number of ether oxygens (including phenoxy) is 1. The molecule has 0 spiro atoms. The molecule has 2 atom stereocenters. The first-order valence-electron chi connectivity index (χ1n) is 6.50. The second-order valence-electron chi connectivity index (χ2n) is 4.81. The molecule has 1 N–H and O–H groups in total. The predicted molar refractivity (Wildman–Crippen MR) is 78.5 cm³/mol. The summed E-state index contributed by atoms with van der Waals surface area (Å²) in [6.45, 7) is 4.73. The largest absolute Gasteiger partial charge is 0.496 e. The van der Waals surface area contributed by atoms with Crippen molar-refractivity contribution in [3.63, 3.8) is 0 Å². The van der Waals surface area contributed by atoms with E-state index in [9.17, 15) is 0 Å². The molecule has 1 rings (SSSR count). The van der Waals surface area contributed by atoms with Gasteiger partial charge < -0.3 is 15.0 Å². The maximum absolute atomic E-state index is 8.94.